The predicted octanol–water partition coefficient (Wildman–Crippen LogP) is 1.79. The average molecular weight is 257 g/mol. The van der Waals surface area contributed by atoms with E-state index in [4.69, 9.17) is 4.74 Å². The molecule has 2 heterocycles. The van der Waals surface area contributed by atoms with E-state index in [1.165, 1.54) is 6.92 Å². The molecule has 5 nitrogen and oxygen atoms in total. The van der Waals surface area contributed by atoms with Crippen LogP contribution in [0.3, 0.4) is 0 Å². The normalized spacial score (nSPS) is 10.0. The van der Waals surface area contributed by atoms with E-state index in [9.17, 15) is 4.79 Å². The Labute approximate surface area is 111 Å². The van der Waals surface area contributed by atoms with E-state index >= 15 is 0 Å². The van der Waals surface area contributed by atoms with Crippen molar-refractivity contribution in [2.75, 3.05) is 7.11 Å². The summed E-state index contributed by atoms with van der Waals surface area (Å²) in [5, 5.41) is 2.73. The largest absolute Gasteiger partial charge is 0.481 e. The zero-order valence-electron chi connectivity index (χ0n) is 10.9. The molecule has 0 aliphatic rings. The van der Waals surface area contributed by atoms with Crippen LogP contribution in [0.2, 0.25) is 0 Å². The quantitative estimate of drug-likeness (QED) is 0.907. The molecular weight excluding hydrogens is 242 g/mol. The van der Waals surface area contributed by atoms with Crippen LogP contribution in [0.15, 0.2) is 36.7 Å². The van der Waals surface area contributed by atoms with Crippen molar-refractivity contribution in [1.29, 1.82) is 0 Å². The highest BCUT2D eigenvalue weighted by Crippen LogP contribution is 2.18. The van der Waals surface area contributed by atoms with Crippen LogP contribution < -0.4 is 10.1 Å². The maximum Gasteiger partial charge on any atom is 0.217 e. The molecule has 1 amide bonds. The van der Waals surface area contributed by atoms with Crippen molar-refractivity contribution in [2.45, 2.75) is 13.5 Å². The van der Waals surface area contributed by atoms with E-state index in [2.05, 4.69) is 15.3 Å². The minimum atomic E-state index is -0.0524. The van der Waals surface area contributed by atoms with Crippen molar-refractivity contribution >= 4 is 5.91 Å². The second-order valence-corrected chi connectivity index (χ2v) is 4.05. The summed E-state index contributed by atoms with van der Waals surface area (Å²) in [7, 11) is 1.58. The third-order valence-corrected chi connectivity index (χ3v) is 2.61. The number of aromatic nitrogens is 2. The molecule has 2 aromatic heterocycles. The summed E-state index contributed by atoms with van der Waals surface area (Å²) in [4.78, 5) is 19.3. The Balaban J connectivity index is 2.10. The maximum atomic E-state index is 10.8. The summed E-state index contributed by atoms with van der Waals surface area (Å²) < 4.78 is 5.01. The fraction of sp³-hybridized carbons (Fsp3) is 0.214. The molecule has 0 fully saturated rings. The summed E-state index contributed by atoms with van der Waals surface area (Å²) in [6, 6.07) is 7.53. The van der Waals surface area contributed by atoms with Gasteiger partial charge in [0.1, 0.15) is 0 Å². The van der Waals surface area contributed by atoms with Crippen LogP contribution in [0, 0.1) is 0 Å². The van der Waals surface area contributed by atoms with Crippen LogP contribution >= 0.6 is 0 Å². The molecule has 98 valence electrons. The lowest BCUT2D eigenvalue weighted by atomic mass is 10.1. The Morgan fingerprint density at radius 2 is 2.05 bits per heavy atom. The number of nitrogens with zero attached hydrogens (tertiary/aromatic N) is 2. The minimum absolute atomic E-state index is 0.0524. The van der Waals surface area contributed by atoms with Gasteiger partial charge in [0.25, 0.3) is 0 Å². The van der Waals surface area contributed by atoms with Gasteiger partial charge in [0, 0.05) is 37.5 Å². The van der Waals surface area contributed by atoms with E-state index in [1.54, 1.807) is 25.6 Å². The van der Waals surface area contributed by atoms with E-state index < -0.39 is 0 Å². The number of carbonyl (C=O) groups is 1. The van der Waals surface area contributed by atoms with Gasteiger partial charge in [-0.15, -0.1) is 0 Å². The second-order valence-electron chi connectivity index (χ2n) is 4.05. The lowest BCUT2D eigenvalue weighted by molar-refractivity contribution is -0.119. The monoisotopic (exact) mass is 257 g/mol. The van der Waals surface area contributed by atoms with Gasteiger partial charge in [-0.25, -0.2) is 4.98 Å². The van der Waals surface area contributed by atoms with Gasteiger partial charge in [0.2, 0.25) is 11.8 Å². The fourth-order valence-electron chi connectivity index (χ4n) is 1.58. The fourth-order valence-corrected chi connectivity index (χ4v) is 1.58. The maximum absolute atomic E-state index is 10.8. The number of hydrogen-bond donors (Lipinski definition) is 1. The Hall–Kier alpha value is -2.43. The molecule has 0 atom stereocenters. The van der Waals surface area contributed by atoms with E-state index in [0.29, 0.717) is 12.4 Å². The average Bonchev–Trinajstić information content (AvgIpc) is 2.46. The smallest absolute Gasteiger partial charge is 0.217 e. The van der Waals surface area contributed by atoms with Gasteiger partial charge >= 0.3 is 0 Å². The topological polar surface area (TPSA) is 64.1 Å². The third kappa shape index (κ3) is 3.51. The van der Waals surface area contributed by atoms with Crippen molar-refractivity contribution in [1.82, 2.24) is 15.3 Å². The van der Waals surface area contributed by atoms with Crippen LogP contribution in [0.5, 0.6) is 5.88 Å². The van der Waals surface area contributed by atoms with Gasteiger partial charge in [-0.3, -0.25) is 9.78 Å². The number of amides is 1. The van der Waals surface area contributed by atoms with Crippen molar-refractivity contribution in [3.05, 3.63) is 42.2 Å². The lowest BCUT2D eigenvalue weighted by Gasteiger charge is -2.05. The molecule has 0 spiro atoms. The molecule has 0 unspecified atom stereocenters. The molecule has 2 rings (SSSR count). The first-order chi connectivity index (χ1) is 9.19. The van der Waals surface area contributed by atoms with Crippen LogP contribution in [0.4, 0.5) is 0 Å². The summed E-state index contributed by atoms with van der Waals surface area (Å²) in [6.07, 6.45) is 3.46. The van der Waals surface area contributed by atoms with Gasteiger partial charge < -0.3 is 10.1 Å². The number of hydrogen-bond acceptors (Lipinski definition) is 4. The summed E-state index contributed by atoms with van der Waals surface area (Å²) in [5.41, 5.74) is 2.72. The number of rotatable bonds is 4. The van der Waals surface area contributed by atoms with Crippen molar-refractivity contribution in [3.63, 3.8) is 0 Å². The molecule has 2 aromatic rings. The standard InChI is InChI=1S/C14H15N3O2/c1-10(18)15-7-11-3-5-13(16-8-11)12-4-6-14(19-2)17-9-12/h3-6,8-9H,7H2,1-2H3,(H,15,18). The Bertz CT molecular complexity index is 550. The number of pyridine rings is 2. The highest BCUT2D eigenvalue weighted by Gasteiger charge is 2.01. The van der Waals surface area contributed by atoms with Crippen LogP contribution in [-0.2, 0) is 11.3 Å². The summed E-state index contributed by atoms with van der Waals surface area (Å²) in [6.45, 7) is 1.98. The van der Waals surface area contributed by atoms with Crippen molar-refractivity contribution in [3.8, 4) is 17.1 Å². The summed E-state index contributed by atoms with van der Waals surface area (Å²) in [5.74, 6) is 0.523. The molecule has 0 aliphatic carbocycles. The van der Waals surface area contributed by atoms with Gasteiger partial charge in [0.05, 0.1) is 12.8 Å². The second kappa shape index (κ2) is 5.95. The molecule has 0 radical (unpaired) electrons. The Morgan fingerprint density at radius 1 is 1.21 bits per heavy atom. The zero-order valence-corrected chi connectivity index (χ0v) is 10.9. The third-order valence-electron chi connectivity index (χ3n) is 2.61. The number of methoxy groups -OCH3 is 1. The van der Waals surface area contributed by atoms with E-state index in [-0.39, 0.29) is 5.91 Å². The highest BCUT2D eigenvalue weighted by atomic mass is 16.5. The molecule has 0 aliphatic heterocycles. The SMILES string of the molecule is COc1ccc(-c2ccc(CNC(C)=O)cn2)cn1. The molecule has 19 heavy (non-hydrogen) atoms. The van der Waals surface area contributed by atoms with Gasteiger partial charge in [-0.05, 0) is 17.7 Å². The molecule has 1 N–H and O–H groups in total. The number of ether oxygens (including phenoxy) is 1. The first-order valence-corrected chi connectivity index (χ1v) is 5.89. The zero-order chi connectivity index (χ0) is 13.7. The first kappa shape index (κ1) is 13.0. The number of carbonyl (C=O) groups excluding carboxylic acids is 1. The molecule has 0 saturated carbocycles. The molecule has 5 heteroatoms. The Morgan fingerprint density at radius 3 is 2.58 bits per heavy atom. The summed E-state index contributed by atoms with van der Waals surface area (Å²) >= 11 is 0. The van der Waals surface area contributed by atoms with Gasteiger partial charge in [0.15, 0.2) is 0 Å². The highest BCUT2D eigenvalue weighted by molar-refractivity contribution is 5.72. The van der Waals surface area contributed by atoms with Gasteiger partial charge in [-0.2, -0.15) is 0 Å². The molecule has 0 saturated heterocycles. The predicted molar refractivity (Wildman–Crippen MR) is 71.5 cm³/mol. The Kier molecular flexibility index (Phi) is 4.07. The molecule has 0 aromatic carbocycles. The lowest BCUT2D eigenvalue weighted by Crippen LogP contribution is -2.18. The van der Waals surface area contributed by atoms with E-state index in [1.807, 2.05) is 18.2 Å². The van der Waals surface area contributed by atoms with Crippen molar-refractivity contribution < 1.29 is 9.53 Å². The molecular formula is C14H15N3O2. The van der Waals surface area contributed by atoms with Crippen LogP contribution in [-0.4, -0.2) is 23.0 Å². The van der Waals surface area contributed by atoms with E-state index in [0.717, 1.165) is 16.8 Å². The first-order valence-electron chi connectivity index (χ1n) is 5.89. The minimum Gasteiger partial charge on any atom is -0.481 e. The number of nitrogens with one attached hydrogen (secondary N) is 1. The molecule has 0 bridgehead atoms. The van der Waals surface area contributed by atoms with Gasteiger partial charge in [-0.1, -0.05) is 6.07 Å². The van der Waals surface area contributed by atoms with Crippen LogP contribution in [0.1, 0.15) is 12.5 Å². The van der Waals surface area contributed by atoms with Crippen molar-refractivity contribution in [2.24, 2.45) is 0 Å². The van der Waals surface area contributed by atoms with Crippen LogP contribution in [0.25, 0.3) is 11.3 Å².